The Bertz CT molecular complexity index is 988. The van der Waals surface area contributed by atoms with E-state index in [2.05, 4.69) is 23.2 Å². The lowest BCUT2D eigenvalue weighted by Crippen LogP contribution is -2.34. The molecule has 1 N–H and O–H groups in total. The number of rotatable bonds is 4. The minimum Gasteiger partial charge on any atom is -0.497 e. The predicted octanol–water partition coefficient (Wildman–Crippen LogP) is 5.33. The molecule has 0 bridgehead atoms. The third-order valence-electron chi connectivity index (χ3n) is 4.77. The number of carbonyl (C=O) groups is 1. The molecule has 3 heterocycles. The van der Waals surface area contributed by atoms with Gasteiger partial charge in [0.15, 0.2) is 0 Å². The Morgan fingerprint density at radius 1 is 1.19 bits per heavy atom. The number of aromatic nitrogens is 1. The number of thiophene rings is 1. The van der Waals surface area contributed by atoms with Crippen LogP contribution in [-0.4, -0.2) is 36.0 Å². The van der Waals surface area contributed by atoms with E-state index in [1.54, 1.807) is 13.3 Å². The Balaban J connectivity index is 1.50. The zero-order chi connectivity index (χ0) is 18.8. The van der Waals surface area contributed by atoms with Crippen molar-refractivity contribution in [1.29, 1.82) is 0 Å². The number of hydrogen-bond donors (Lipinski definition) is 1. The van der Waals surface area contributed by atoms with Crippen LogP contribution in [-0.2, 0) is 0 Å². The Morgan fingerprint density at radius 2 is 2.00 bits per heavy atom. The van der Waals surface area contributed by atoms with Gasteiger partial charge in [0.05, 0.1) is 17.0 Å². The molecule has 3 aromatic rings. The highest BCUT2D eigenvalue weighted by atomic mass is 35.5. The minimum atomic E-state index is 0.0424. The fourth-order valence-corrected chi connectivity index (χ4v) is 4.37. The normalized spacial score (nSPS) is 14.1. The van der Waals surface area contributed by atoms with Crippen molar-refractivity contribution < 1.29 is 9.53 Å². The highest BCUT2D eigenvalue weighted by Crippen LogP contribution is 2.34. The number of hydrogen-bond acceptors (Lipinski definition) is 3. The molecule has 6 heteroatoms. The van der Waals surface area contributed by atoms with Crippen LogP contribution >= 0.6 is 22.9 Å². The maximum Gasteiger partial charge on any atom is 0.256 e. The molecule has 1 amide bonds. The van der Waals surface area contributed by atoms with Crippen LogP contribution in [0.5, 0.6) is 5.75 Å². The van der Waals surface area contributed by atoms with Crippen LogP contribution in [0.2, 0.25) is 4.34 Å². The van der Waals surface area contributed by atoms with Crippen LogP contribution in [0.4, 0.5) is 0 Å². The Hall–Kier alpha value is -2.50. The molecule has 0 aliphatic carbocycles. The molecule has 0 atom stereocenters. The summed E-state index contributed by atoms with van der Waals surface area (Å²) in [4.78, 5) is 19.0. The average molecular weight is 399 g/mol. The number of nitrogens with one attached hydrogen (secondary N) is 1. The van der Waals surface area contributed by atoms with Crippen LogP contribution in [0.15, 0.2) is 54.9 Å². The largest absolute Gasteiger partial charge is 0.497 e. The number of amides is 1. The van der Waals surface area contributed by atoms with Crippen LogP contribution in [0, 0.1) is 0 Å². The van der Waals surface area contributed by atoms with Gasteiger partial charge in [-0.2, -0.15) is 0 Å². The second-order valence-corrected chi connectivity index (χ2v) is 8.06. The van der Waals surface area contributed by atoms with Gasteiger partial charge in [-0.1, -0.05) is 29.8 Å². The summed E-state index contributed by atoms with van der Waals surface area (Å²) in [7, 11) is 1.66. The molecule has 0 saturated heterocycles. The summed E-state index contributed by atoms with van der Waals surface area (Å²) in [6, 6.07) is 11.9. The fraction of sp³-hybridized carbons (Fsp3) is 0.190. The summed E-state index contributed by atoms with van der Waals surface area (Å²) >= 11 is 7.53. The van der Waals surface area contributed by atoms with Gasteiger partial charge in [0.1, 0.15) is 5.75 Å². The molecule has 4 nitrogen and oxygen atoms in total. The minimum absolute atomic E-state index is 0.0424. The molecule has 27 heavy (non-hydrogen) atoms. The summed E-state index contributed by atoms with van der Waals surface area (Å²) in [6.07, 6.45) is 6.60. The molecule has 138 valence electrons. The number of carbonyl (C=O) groups excluding carboxylic acids is 1. The predicted molar refractivity (Wildman–Crippen MR) is 111 cm³/mol. The van der Waals surface area contributed by atoms with Gasteiger partial charge in [0, 0.05) is 35.9 Å². The summed E-state index contributed by atoms with van der Waals surface area (Å²) in [5, 5.41) is 0. The second-order valence-electron chi connectivity index (χ2n) is 6.35. The van der Waals surface area contributed by atoms with Crippen molar-refractivity contribution in [3.05, 3.63) is 70.3 Å². The smallest absolute Gasteiger partial charge is 0.256 e. The molecule has 1 aliphatic heterocycles. The first-order chi connectivity index (χ1) is 13.2. The molecule has 0 radical (unpaired) electrons. The van der Waals surface area contributed by atoms with E-state index in [0.29, 0.717) is 18.7 Å². The van der Waals surface area contributed by atoms with Crippen molar-refractivity contribution in [2.24, 2.45) is 0 Å². The number of halogens is 1. The van der Waals surface area contributed by atoms with E-state index in [1.807, 2.05) is 35.4 Å². The third-order valence-corrected chi connectivity index (χ3v) is 6.04. The van der Waals surface area contributed by atoms with Gasteiger partial charge in [-0.3, -0.25) is 4.79 Å². The number of aromatic amines is 1. The van der Waals surface area contributed by atoms with Gasteiger partial charge in [0.2, 0.25) is 0 Å². The first kappa shape index (κ1) is 17.9. The van der Waals surface area contributed by atoms with E-state index in [9.17, 15) is 4.79 Å². The Labute approximate surface area is 167 Å². The van der Waals surface area contributed by atoms with Gasteiger partial charge in [-0.25, -0.2) is 0 Å². The fourth-order valence-electron chi connectivity index (χ4n) is 3.29. The summed E-state index contributed by atoms with van der Waals surface area (Å²) in [5.41, 5.74) is 4.04. The number of methoxy groups -OCH3 is 1. The van der Waals surface area contributed by atoms with Crippen LogP contribution in [0.1, 0.15) is 22.3 Å². The van der Waals surface area contributed by atoms with Gasteiger partial charge < -0.3 is 14.6 Å². The highest BCUT2D eigenvalue weighted by molar-refractivity contribution is 7.19. The monoisotopic (exact) mass is 398 g/mol. The maximum atomic E-state index is 13.0. The number of H-pyrrole nitrogens is 1. The standard InChI is InChI=1S/C21H19ClN2O2S/c1-26-16-4-2-14(3-5-16)15-8-10-24(11-9-15)21(25)18-13-23-12-17(18)19-6-7-20(22)27-19/h2-8,12-13,23H,9-11H2,1H3. The zero-order valence-corrected chi connectivity index (χ0v) is 16.4. The summed E-state index contributed by atoms with van der Waals surface area (Å²) in [5.74, 6) is 0.890. The molecule has 0 fully saturated rings. The van der Waals surface area contributed by atoms with Gasteiger partial charge in [-0.05, 0) is 41.8 Å². The Kier molecular flexibility index (Phi) is 5.05. The lowest BCUT2D eigenvalue weighted by molar-refractivity contribution is 0.0774. The quantitative estimate of drug-likeness (QED) is 0.645. The summed E-state index contributed by atoms with van der Waals surface area (Å²) in [6.45, 7) is 1.31. The van der Waals surface area contributed by atoms with Crippen molar-refractivity contribution in [3.8, 4) is 16.2 Å². The third kappa shape index (κ3) is 3.66. The van der Waals surface area contributed by atoms with Crippen molar-refractivity contribution in [1.82, 2.24) is 9.88 Å². The molecule has 2 aromatic heterocycles. The molecule has 0 spiro atoms. The van der Waals surface area contributed by atoms with E-state index >= 15 is 0 Å². The maximum absolute atomic E-state index is 13.0. The lowest BCUT2D eigenvalue weighted by atomic mass is 9.99. The highest BCUT2D eigenvalue weighted by Gasteiger charge is 2.23. The van der Waals surface area contributed by atoms with Crippen molar-refractivity contribution in [3.63, 3.8) is 0 Å². The molecule has 4 rings (SSSR count). The molecule has 0 saturated carbocycles. The molecule has 1 aromatic carbocycles. The van der Waals surface area contributed by atoms with E-state index in [-0.39, 0.29) is 5.91 Å². The van der Waals surface area contributed by atoms with E-state index in [4.69, 9.17) is 16.3 Å². The first-order valence-electron chi connectivity index (χ1n) is 8.71. The molecule has 1 aliphatic rings. The van der Waals surface area contributed by atoms with E-state index in [1.165, 1.54) is 22.5 Å². The van der Waals surface area contributed by atoms with Crippen LogP contribution in [0.25, 0.3) is 16.0 Å². The topological polar surface area (TPSA) is 45.3 Å². The van der Waals surface area contributed by atoms with Gasteiger partial charge >= 0.3 is 0 Å². The van der Waals surface area contributed by atoms with Crippen molar-refractivity contribution >= 4 is 34.4 Å². The van der Waals surface area contributed by atoms with Crippen LogP contribution in [0.3, 0.4) is 0 Å². The molecular weight excluding hydrogens is 380 g/mol. The first-order valence-corrected chi connectivity index (χ1v) is 9.90. The van der Waals surface area contributed by atoms with Crippen molar-refractivity contribution in [2.75, 3.05) is 20.2 Å². The molecular formula is C21H19ClN2O2S. The van der Waals surface area contributed by atoms with Crippen LogP contribution < -0.4 is 4.74 Å². The average Bonchev–Trinajstić information content (AvgIpc) is 3.36. The van der Waals surface area contributed by atoms with Gasteiger partial charge in [0.25, 0.3) is 5.91 Å². The Morgan fingerprint density at radius 3 is 2.63 bits per heavy atom. The van der Waals surface area contributed by atoms with E-state index in [0.717, 1.165) is 26.9 Å². The SMILES string of the molecule is COc1ccc(C2=CCN(C(=O)c3c[nH]cc3-c3ccc(Cl)s3)CC2)cc1. The number of benzene rings is 1. The number of nitrogens with zero attached hydrogens (tertiary/aromatic N) is 1. The molecule has 0 unspecified atom stereocenters. The zero-order valence-electron chi connectivity index (χ0n) is 14.9. The van der Waals surface area contributed by atoms with Crippen molar-refractivity contribution in [2.45, 2.75) is 6.42 Å². The second kappa shape index (κ2) is 7.62. The lowest BCUT2D eigenvalue weighted by Gasteiger charge is -2.27. The number of ether oxygens (including phenoxy) is 1. The van der Waals surface area contributed by atoms with Gasteiger partial charge in [-0.15, -0.1) is 11.3 Å². The van der Waals surface area contributed by atoms with E-state index < -0.39 is 0 Å². The summed E-state index contributed by atoms with van der Waals surface area (Å²) < 4.78 is 5.93.